The third-order valence-electron chi connectivity index (χ3n) is 2.13. The predicted octanol–water partition coefficient (Wildman–Crippen LogP) is 2.76. The van der Waals surface area contributed by atoms with Gasteiger partial charge in [-0.1, -0.05) is 6.07 Å². The smallest absolute Gasteiger partial charge is 0.478 e. The van der Waals surface area contributed by atoms with Crippen molar-refractivity contribution in [2.45, 2.75) is 6.36 Å². The van der Waals surface area contributed by atoms with Crippen molar-refractivity contribution < 1.29 is 27.8 Å². The lowest BCUT2D eigenvalue weighted by Crippen LogP contribution is -2.19. The molecule has 0 spiro atoms. The van der Waals surface area contributed by atoms with E-state index in [1.54, 1.807) is 0 Å². The topological polar surface area (TPSA) is 62.3 Å². The second-order valence-corrected chi connectivity index (χ2v) is 3.24. The molecule has 2 N–H and O–H groups in total. The zero-order valence-electron chi connectivity index (χ0n) is 8.21. The van der Waals surface area contributed by atoms with Crippen LogP contribution in [0.4, 0.5) is 13.2 Å². The van der Waals surface area contributed by atoms with Crippen LogP contribution in [0, 0.1) is 0 Å². The maximum atomic E-state index is 12.2. The van der Waals surface area contributed by atoms with Gasteiger partial charge in [0.2, 0.25) is 0 Å². The van der Waals surface area contributed by atoms with Gasteiger partial charge in [-0.25, -0.2) is 4.79 Å². The van der Waals surface area contributed by atoms with Crippen molar-refractivity contribution in [2.24, 2.45) is 0 Å². The first-order chi connectivity index (χ1) is 7.88. The van der Waals surface area contributed by atoms with Crippen molar-refractivity contribution in [3.05, 3.63) is 30.0 Å². The molecule has 0 aliphatic heterocycles. The summed E-state index contributed by atoms with van der Waals surface area (Å²) in [4.78, 5) is 13.3. The number of H-pyrrole nitrogens is 1. The number of hydrogen-bond acceptors (Lipinski definition) is 2. The molecule has 0 amide bonds. The summed E-state index contributed by atoms with van der Waals surface area (Å²) >= 11 is 0. The molecule has 1 heterocycles. The molecule has 17 heavy (non-hydrogen) atoms. The third kappa shape index (κ3) is 2.17. The summed E-state index contributed by atoms with van der Waals surface area (Å²) < 4.78 is 40.3. The number of carbonyl (C=O) groups is 1. The molecule has 0 fully saturated rings. The summed E-state index contributed by atoms with van der Waals surface area (Å²) in [6, 6.07) is 3.99. The molecule has 4 nitrogen and oxygen atoms in total. The molecule has 0 aliphatic rings. The van der Waals surface area contributed by atoms with Crippen LogP contribution in [-0.2, 0) is 0 Å². The van der Waals surface area contributed by atoms with Gasteiger partial charge in [0.1, 0.15) is 5.56 Å². The van der Waals surface area contributed by atoms with Gasteiger partial charge in [-0.2, -0.15) is 0 Å². The standard InChI is InChI=1S/C10H6F3NO3/c11-10(12,13)17-8-6(9(15)16)2-1-5-3-4-14-7(5)8/h1-4,14H,(H,15,16). The summed E-state index contributed by atoms with van der Waals surface area (Å²) in [5, 5.41) is 9.24. The molecule has 0 unspecified atom stereocenters. The van der Waals surface area contributed by atoms with Crippen LogP contribution < -0.4 is 4.74 Å². The highest BCUT2D eigenvalue weighted by molar-refractivity contribution is 5.99. The van der Waals surface area contributed by atoms with Crippen molar-refractivity contribution in [3.63, 3.8) is 0 Å². The lowest BCUT2D eigenvalue weighted by atomic mass is 10.1. The molecule has 0 atom stereocenters. The minimum atomic E-state index is -4.94. The molecular formula is C10H6F3NO3. The summed E-state index contributed by atoms with van der Waals surface area (Å²) in [5.41, 5.74) is -0.542. The normalized spacial score (nSPS) is 11.7. The number of nitrogens with one attached hydrogen (secondary N) is 1. The second-order valence-electron chi connectivity index (χ2n) is 3.24. The Labute approximate surface area is 92.6 Å². The average Bonchev–Trinajstić information content (AvgIpc) is 2.63. The van der Waals surface area contributed by atoms with Crippen LogP contribution in [0.3, 0.4) is 0 Å². The monoisotopic (exact) mass is 245 g/mol. The van der Waals surface area contributed by atoms with Crippen molar-refractivity contribution in [1.29, 1.82) is 0 Å². The summed E-state index contributed by atoms with van der Waals surface area (Å²) in [6.07, 6.45) is -3.54. The summed E-state index contributed by atoms with van der Waals surface area (Å²) in [7, 11) is 0. The highest BCUT2D eigenvalue weighted by Crippen LogP contribution is 2.33. The van der Waals surface area contributed by atoms with E-state index in [9.17, 15) is 18.0 Å². The number of halogens is 3. The molecule has 0 aliphatic carbocycles. The number of fused-ring (bicyclic) bond motifs is 1. The Morgan fingerprint density at radius 1 is 1.29 bits per heavy atom. The Morgan fingerprint density at radius 3 is 2.59 bits per heavy atom. The van der Waals surface area contributed by atoms with Crippen LogP contribution in [0.1, 0.15) is 10.4 Å². The Kier molecular flexibility index (Phi) is 2.45. The van der Waals surface area contributed by atoms with E-state index in [2.05, 4.69) is 9.72 Å². The minimum Gasteiger partial charge on any atom is -0.478 e. The Balaban J connectivity index is 2.65. The number of aromatic amines is 1. The van der Waals surface area contributed by atoms with Gasteiger partial charge in [-0.3, -0.25) is 0 Å². The third-order valence-corrected chi connectivity index (χ3v) is 2.13. The van der Waals surface area contributed by atoms with Gasteiger partial charge in [0.15, 0.2) is 5.75 Å². The van der Waals surface area contributed by atoms with Gasteiger partial charge >= 0.3 is 12.3 Å². The number of hydrogen-bond donors (Lipinski definition) is 2. The minimum absolute atomic E-state index is 0.00206. The number of aromatic nitrogens is 1. The molecule has 1 aromatic heterocycles. The van der Waals surface area contributed by atoms with E-state index in [-0.39, 0.29) is 5.52 Å². The van der Waals surface area contributed by atoms with E-state index in [1.807, 2.05) is 0 Å². The number of rotatable bonds is 2. The number of aromatic carboxylic acids is 1. The van der Waals surface area contributed by atoms with Gasteiger partial charge < -0.3 is 14.8 Å². The van der Waals surface area contributed by atoms with E-state index >= 15 is 0 Å². The van der Waals surface area contributed by atoms with Gasteiger partial charge in [0, 0.05) is 11.6 Å². The number of carboxylic acid groups (broad SMARTS) is 1. The van der Waals surface area contributed by atoms with Crippen molar-refractivity contribution in [2.75, 3.05) is 0 Å². The van der Waals surface area contributed by atoms with Gasteiger partial charge in [-0.05, 0) is 12.1 Å². The highest BCUT2D eigenvalue weighted by Gasteiger charge is 2.34. The molecule has 90 valence electrons. The molecule has 2 aromatic rings. The zero-order valence-corrected chi connectivity index (χ0v) is 8.21. The lowest BCUT2D eigenvalue weighted by Gasteiger charge is -2.12. The average molecular weight is 245 g/mol. The second kappa shape index (κ2) is 3.69. The highest BCUT2D eigenvalue weighted by atomic mass is 19.4. The fraction of sp³-hybridized carbons (Fsp3) is 0.100. The van der Waals surface area contributed by atoms with Crippen LogP contribution in [-0.4, -0.2) is 22.4 Å². The van der Waals surface area contributed by atoms with E-state index in [0.29, 0.717) is 5.39 Å². The maximum Gasteiger partial charge on any atom is 0.573 e. The fourth-order valence-corrected chi connectivity index (χ4v) is 1.49. The van der Waals surface area contributed by atoms with Crippen LogP contribution in [0.25, 0.3) is 10.9 Å². The first-order valence-corrected chi connectivity index (χ1v) is 4.47. The van der Waals surface area contributed by atoms with Gasteiger partial charge in [-0.15, -0.1) is 13.2 Å². The first-order valence-electron chi connectivity index (χ1n) is 4.47. The molecule has 2 rings (SSSR count). The van der Waals surface area contributed by atoms with E-state index < -0.39 is 23.6 Å². The largest absolute Gasteiger partial charge is 0.573 e. The predicted molar refractivity (Wildman–Crippen MR) is 51.9 cm³/mol. The molecule has 1 aromatic carbocycles. The maximum absolute atomic E-state index is 12.2. The SMILES string of the molecule is O=C(O)c1ccc2cc[nH]c2c1OC(F)(F)F. The quantitative estimate of drug-likeness (QED) is 0.855. The van der Waals surface area contributed by atoms with Crippen LogP contribution >= 0.6 is 0 Å². The molecular weight excluding hydrogens is 239 g/mol. The number of benzene rings is 1. The van der Waals surface area contributed by atoms with Gasteiger partial charge in [0.25, 0.3) is 0 Å². The van der Waals surface area contributed by atoms with E-state index in [1.165, 1.54) is 18.3 Å². The number of alkyl halides is 3. The van der Waals surface area contributed by atoms with Crippen molar-refractivity contribution in [1.82, 2.24) is 4.98 Å². The molecule has 0 bridgehead atoms. The molecule has 0 radical (unpaired) electrons. The molecule has 7 heteroatoms. The Hall–Kier alpha value is -2.18. The zero-order chi connectivity index (χ0) is 12.6. The lowest BCUT2D eigenvalue weighted by molar-refractivity contribution is -0.274. The first kappa shape index (κ1) is 11.3. The van der Waals surface area contributed by atoms with Crippen LogP contribution in [0.5, 0.6) is 5.75 Å². The number of carboxylic acids is 1. The summed E-state index contributed by atoms with van der Waals surface area (Å²) in [5.74, 6) is -2.21. The Morgan fingerprint density at radius 2 is 2.00 bits per heavy atom. The van der Waals surface area contributed by atoms with E-state index in [0.717, 1.165) is 6.07 Å². The fourth-order valence-electron chi connectivity index (χ4n) is 1.49. The molecule has 0 saturated heterocycles. The van der Waals surface area contributed by atoms with Crippen molar-refractivity contribution in [3.8, 4) is 5.75 Å². The molecule has 0 saturated carbocycles. The van der Waals surface area contributed by atoms with Gasteiger partial charge in [0.05, 0.1) is 5.52 Å². The van der Waals surface area contributed by atoms with Crippen LogP contribution in [0.15, 0.2) is 24.4 Å². The number of ether oxygens (including phenoxy) is 1. The van der Waals surface area contributed by atoms with E-state index in [4.69, 9.17) is 5.11 Å². The van der Waals surface area contributed by atoms with Crippen molar-refractivity contribution >= 4 is 16.9 Å². The van der Waals surface area contributed by atoms with Crippen LogP contribution in [0.2, 0.25) is 0 Å². The Bertz CT molecular complexity index is 574. The summed E-state index contributed by atoms with van der Waals surface area (Å²) in [6.45, 7) is 0.